The van der Waals surface area contributed by atoms with Gasteiger partial charge in [0.15, 0.2) is 0 Å². The molecular weight excluding hydrogens is 228 g/mol. The lowest BCUT2D eigenvalue weighted by Gasteiger charge is -2.16. The number of benzene rings is 1. The third-order valence-corrected chi connectivity index (χ3v) is 2.58. The van der Waals surface area contributed by atoms with Gasteiger partial charge in [-0.3, -0.25) is 4.79 Å². The Hall–Kier alpha value is -2.02. The van der Waals surface area contributed by atoms with E-state index in [2.05, 4.69) is 5.32 Å². The summed E-state index contributed by atoms with van der Waals surface area (Å²) in [6.07, 6.45) is 0. The monoisotopic (exact) mass is 246 g/mol. The van der Waals surface area contributed by atoms with E-state index in [4.69, 9.17) is 10.00 Å². The molecule has 0 unspecified atom stereocenters. The first-order valence-electron chi connectivity index (χ1n) is 5.87. The van der Waals surface area contributed by atoms with Gasteiger partial charge in [-0.15, -0.1) is 0 Å². The molecule has 96 valence electrons. The molecule has 0 atom stereocenters. The summed E-state index contributed by atoms with van der Waals surface area (Å²) in [7, 11) is 0. The third kappa shape index (κ3) is 3.24. The quantitative estimate of drug-likeness (QED) is 0.888. The van der Waals surface area contributed by atoms with Crippen molar-refractivity contribution in [1.29, 1.82) is 5.26 Å². The van der Waals surface area contributed by atoms with Crippen LogP contribution in [0.25, 0.3) is 0 Å². The van der Waals surface area contributed by atoms with Crippen LogP contribution in [-0.2, 0) is 4.79 Å². The number of hydrogen-bond donors (Lipinski definition) is 1. The molecule has 0 radical (unpaired) electrons. The van der Waals surface area contributed by atoms with Crippen molar-refractivity contribution < 1.29 is 9.53 Å². The van der Waals surface area contributed by atoms with Crippen molar-refractivity contribution in [3.05, 3.63) is 23.8 Å². The lowest BCUT2D eigenvalue weighted by atomic mass is 9.94. The molecule has 0 spiro atoms. The van der Waals surface area contributed by atoms with Crippen LogP contribution in [0.2, 0.25) is 0 Å². The summed E-state index contributed by atoms with van der Waals surface area (Å²) in [5.74, 6) is 0.489. The number of nitriles is 1. The van der Waals surface area contributed by atoms with Gasteiger partial charge in [-0.2, -0.15) is 5.26 Å². The standard InChI is InChI=1S/C14H18N2O2/c1-5-18-12-7-6-11(8-10(12)2)16-13(17)14(3,4)9-15/h6-8H,5H2,1-4H3,(H,16,17). The molecule has 1 aromatic carbocycles. The molecule has 0 heterocycles. The fourth-order valence-corrected chi connectivity index (χ4v) is 1.38. The molecule has 18 heavy (non-hydrogen) atoms. The second kappa shape index (κ2) is 5.54. The molecule has 0 bridgehead atoms. The molecule has 4 heteroatoms. The first kappa shape index (κ1) is 14.0. The molecule has 0 saturated heterocycles. The first-order valence-corrected chi connectivity index (χ1v) is 5.87. The second-order valence-electron chi connectivity index (χ2n) is 4.60. The van der Waals surface area contributed by atoms with Gasteiger partial charge in [-0.05, 0) is 51.5 Å². The zero-order valence-corrected chi connectivity index (χ0v) is 11.2. The maximum atomic E-state index is 11.8. The number of nitrogens with one attached hydrogen (secondary N) is 1. The number of ether oxygens (including phenoxy) is 1. The molecule has 4 nitrogen and oxygen atoms in total. The van der Waals surface area contributed by atoms with Crippen LogP contribution in [-0.4, -0.2) is 12.5 Å². The van der Waals surface area contributed by atoms with Crippen LogP contribution in [0.1, 0.15) is 26.3 Å². The number of nitrogens with zero attached hydrogens (tertiary/aromatic N) is 1. The maximum Gasteiger partial charge on any atom is 0.244 e. The summed E-state index contributed by atoms with van der Waals surface area (Å²) in [5.41, 5.74) is 0.584. The van der Waals surface area contributed by atoms with Gasteiger partial charge in [0.2, 0.25) is 5.91 Å². The number of aryl methyl sites for hydroxylation is 1. The van der Waals surface area contributed by atoms with Crippen molar-refractivity contribution in [2.45, 2.75) is 27.7 Å². The van der Waals surface area contributed by atoms with E-state index in [0.29, 0.717) is 12.3 Å². The Labute approximate surface area is 108 Å². The van der Waals surface area contributed by atoms with Crippen LogP contribution in [0.5, 0.6) is 5.75 Å². The average molecular weight is 246 g/mol. The van der Waals surface area contributed by atoms with Crippen LogP contribution >= 0.6 is 0 Å². The van der Waals surface area contributed by atoms with Gasteiger partial charge in [-0.1, -0.05) is 0 Å². The Morgan fingerprint density at radius 1 is 1.50 bits per heavy atom. The zero-order valence-electron chi connectivity index (χ0n) is 11.2. The molecule has 1 N–H and O–H groups in total. The predicted octanol–water partition coefficient (Wildman–Crippen LogP) is 2.88. The topological polar surface area (TPSA) is 62.1 Å². The van der Waals surface area contributed by atoms with Crippen molar-refractivity contribution in [2.24, 2.45) is 5.41 Å². The van der Waals surface area contributed by atoms with Gasteiger partial charge >= 0.3 is 0 Å². The van der Waals surface area contributed by atoms with E-state index < -0.39 is 5.41 Å². The molecule has 0 aromatic heterocycles. The molecule has 1 aromatic rings. The summed E-state index contributed by atoms with van der Waals surface area (Å²) in [5, 5.41) is 11.6. The Balaban J connectivity index is 2.85. The van der Waals surface area contributed by atoms with E-state index in [0.717, 1.165) is 11.3 Å². The number of amides is 1. The number of carbonyl (C=O) groups is 1. The van der Waals surface area contributed by atoms with Crippen molar-refractivity contribution in [3.63, 3.8) is 0 Å². The minimum atomic E-state index is -1.04. The second-order valence-corrected chi connectivity index (χ2v) is 4.60. The van der Waals surface area contributed by atoms with E-state index in [1.54, 1.807) is 19.9 Å². The van der Waals surface area contributed by atoms with E-state index >= 15 is 0 Å². The Bertz CT molecular complexity index is 487. The van der Waals surface area contributed by atoms with Gasteiger partial charge < -0.3 is 10.1 Å². The summed E-state index contributed by atoms with van der Waals surface area (Å²) in [6.45, 7) is 7.61. The Kier molecular flexibility index (Phi) is 4.33. The SMILES string of the molecule is CCOc1ccc(NC(=O)C(C)(C)C#N)cc1C. The average Bonchev–Trinajstić information content (AvgIpc) is 2.32. The molecule has 0 fully saturated rings. The molecule has 1 rings (SSSR count). The lowest BCUT2D eigenvalue weighted by molar-refractivity contribution is -0.121. The largest absolute Gasteiger partial charge is 0.494 e. The van der Waals surface area contributed by atoms with E-state index in [1.807, 2.05) is 32.0 Å². The van der Waals surface area contributed by atoms with Gasteiger partial charge in [0.25, 0.3) is 0 Å². The Morgan fingerprint density at radius 2 is 2.17 bits per heavy atom. The number of anilines is 1. The molecule has 0 aliphatic rings. The molecule has 0 aliphatic carbocycles. The van der Waals surface area contributed by atoms with Gasteiger partial charge in [0.1, 0.15) is 11.2 Å². The summed E-state index contributed by atoms with van der Waals surface area (Å²) < 4.78 is 5.42. The van der Waals surface area contributed by atoms with Gasteiger partial charge in [0.05, 0.1) is 12.7 Å². The minimum absolute atomic E-state index is 0.312. The van der Waals surface area contributed by atoms with Gasteiger partial charge in [-0.25, -0.2) is 0 Å². The maximum absolute atomic E-state index is 11.8. The number of carbonyl (C=O) groups excluding carboxylic acids is 1. The highest BCUT2D eigenvalue weighted by atomic mass is 16.5. The first-order chi connectivity index (χ1) is 8.40. The summed E-state index contributed by atoms with van der Waals surface area (Å²) in [6, 6.07) is 7.38. The molecule has 1 amide bonds. The smallest absolute Gasteiger partial charge is 0.244 e. The van der Waals surface area contributed by atoms with Crippen LogP contribution in [0.4, 0.5) is 5.69 Å². The highest BCUT2D eigenvalue weighted by molar-refractivity contribution is 5.96. The molecule has 0 aliphatic heterocycles. The van der Waals surface area contributed by atoms with Gasteiger partial charge in [0, 0.05) is 5.69 Å². The number of rotatable bonds is 4. The van der Waals surface area contributed by atoms with Crippen molar-refractivity contribution in [1.82, 2.24) is 0 Å². The van der Waals surface area contributed by atoms with E-state index in [9.17, 15) is 4.79 Å². The van der Waals surface area contributed by atoms with Crippen LogP contribution < -0.4 is 10.1 Å². The van der Waals surface area contributed by atoms with Crippen LogP contribution in [0, 0.1) is 23.7 Å². The Morgan fingerprint density at radius 3 is 2.67 bits per heavy atom. The summed E-state index contributed by atoms with van der Waals surface area (Å²) >= 11 is 0. The van der Waals surface area contributed by atoms with Crippen LogP contribution in [0.3, 0.4) is 0 Å². The van der Waals surface area contributed by atoms with Crippen molar-refractivity contribution in [2.75, 3.05) is 11.9 Å². The fourth-order valence-electron chi connectivity index (χ4n) is 1.38. The van der Waals surface area contributed by atoms with Crippen molar-refractivity contribution in [3.8, 4) is 11.8 Å². The third-order valence-electron chi connectivity index (χ3n) is 2.58. The fraction of sp³-hybridized carbons (Fsp3) is 0.429. The molecule has 0 saturated carbocycles. The zero-order chi connectivity index (χ0) is 13.8. The van der Waals surface area contributed by atoms with E-state index in [-0.39, 0.29) is 5.91 Å². The van der Waals surface area contributed by atoms with Crippen molar-refractivity contribution >= 4 is 11.6 Å². The predicted molar refractivity (Wildman–Crippen MR) is 70.4 cm³/mol. The van der Waals surface area contributed by atoms with E-state index in [1.165, 1.54) is 0 Å². The number of hydrogen-bond acceptors (Lipinski definition) is 3. The summed E-state index contributed by atoms with van der Waals surface area (Å²) in [4.78, 5) is 11.8. The lowest BCUT2D eigenvalue weighted by Crippen LogP contribution is -2.29. The van der Waals surface area contributed by atoms with Crippen LogP contribution in [0.15, 0.2) is 18.2 Å². The molecular formula is C14H18N2O2. The normalized spacial score (nSPS) is 10.6. The minimum Gasteiger partial charge on any atom is -0.494 e. The highest BCUT2D eigenvalue weighted by Gasteiger charge is 2.27. The highest BCUT2D eigenvalue weighted by Crippen LogP contribution is 2.23.